The summed E-state index contributed by atoms with van der Waals surface area (Å²) in [5.74, 6) is 1.85. The molecule has 0 amide bonds. The predicted molar refractivity (Wildman–Crippen MR) is 49.1 cm³/mol. The largest absolute Gasteiger partial charge is 0.381 e. The van der Waals surface area contributed by atoms with Crippen LogP contribution in [0.4, 0.5) is 0 Å². The van der Waals surface area contributed by atoms with E-state index in [9.17, 15) is 0 Å². The molecule has 2 heterocycles. The molecule has 2 fully saturated rings. The van der Waals surface area contributed by atoms with Gasteiger partial charge in [0.25, 0.3) is 0 Å². The first-order chi connectivity index (χ1) is 5.81. The van der Waals surface area contributed by atoms with Crippen molar-refractivity contribution in [2.24, 2.45) is 11.8 Å². The van der Waals surface area contributed by atoms with E-state index in [1.54, 1.807) is 0 Å². The zero-order valence-corrected chi connectivity index (χ0v) is 8.12. The molecule has 0 spiro atoms. The first-order valence-corrected chi connectivity index (χ1v) is 5.13. The molecule has 0 bridgehead atoms. The fourth-order valence-corrected chi connectivity index (χ4v) is 1.99. The number of rotatable bonds is 3. The first-order valence-electron chi connectivity index (χ1n) is 5.13. The maximum atomic E-state index is 5.20. The molecule has 0 saturated carbocycles. The van der Waals surface area contributed by atoms with E-state index in [2.05, 4.69) is 18.7 Å². The van der Waals surface area contributed by atoms with Crippen LogP contribution < -0.4 is 0 Å². The molecule has 0 aliphatic carbocycles. The molecular formula is C10H19NO. The summed E-state index contributed by atoms with van der Waals surface area (Å²) in [7, 11) is 0. The Morgan fingerprint density at radius 1 is 1.33 bits per heavy atom. The van der Waals surface area contributed by atoms with E-state index in [-0.39, 0.29) is 0 Å². The van der Waals surface area contributed by atoms with Gasteiger partial charge >= 0.3 is 0 Å². The second kappa shape index (κ2) is 3.35. The number of nitrogens with zero attached hydrogens (tertiary/aromatic N) is 1. The minimum Gasteiger partial charge on any atom is -0.381 e. The van der Waals surface area contributed by atoms with Gasteiger partial charge in [-0.1, -0.05) is 6.92 Å². The highest BCUT2D eigenvalue weighted by molar-refractivity contribution is 4.89. The Bertz CT molecular complexity index is 141. The van der Waals surface area contributed by atoms with Crippen LogP contribution in [0, 0.1) is 11.8 Å². The van der Waals surface area contributed by atoms with Crippen molar-refractivity contribution in [3.63, 3.8) is 0 Å². The highest BCUT2D eigenvalue weighted by Gasteiger charge is 2.38. The summed E-state index contributed by atoms with van der Waals surface area (Å²) in [4.78, 5) is 2.59. The zero-order valence-electron chi connectivity index (χ0n) is 8.12. The van der Waals surface area contributed by atoms with Gasteiger partial charge in [-0.2, -0.15) is 0 Å². The summed E-state index contributed by atoms with van der Waals surface area (Å²) in [5, 5.41) is 0. The molecule has 2 saturated heterocycles. The van der Waals surface area contributed by atoms with Gasteiger partial charge in [-0.3, -0.25) is 4.90 Å². The zero-order chi connectivity index (χ0) is 8.55. The summed E-state index contributed by atoms with van der Waals surface area (Å²) in [6, 6.07) is 0.794. The molecule has 2 nitrogen and oxygen atoms in total. The van der Waals surface area contributed by atoms with Gasteiger partial charge in [-0.25, -0.2) is 0 Å². The van der Waals surface area contributed by atoms with Crippen molar-refractivity contribution in [3.8, 4) is 0 Å². The van der Waals surface area contributed by atoms with Crippen molar-refractivity contribution in [1.82, 2.24) is 4.90 Å². The van der Waals surface area contributed by atoms with Gasteiger partial charge in [0.1, 0.15) is 0 Å². The number of hydrogen-bond donors (Lipinski definition) is 0. The Morgan fingerprint density at radius 3 is 2.42 bits per heavy atom. The van der Waals surface area contributed by atoms with E-state index in [0.29, 0.717) is 0 Å². The lowest BCUT2D eigenvalue weighted by atomic mass is 9.83. The van der Waals surface area contributed by atoms with Crippen LogP contribution in [-0.2, 0) is 4.74 Å². The summed E-state index contributed by atoms with van der Waals surface area (Å²) < 4.78 is 5.20. The number of ether oxygens (including phenoxy) is 1. The number of likely N-dealkylation sites (tertiary alicyclic amines) is 1. The third-order valence-electron chi connectivity index (χ3n) is 3.48. The molecule has 0 aromatic rings. The second-order valence-corrected chi connectivity index (χ2v) is 4.27. The van der Waals surface area contributed by atoms with Gasteiger partial charge < -0.3 is 4.74 Å². The van der Waals surface area contributed by atoms with E-state index < -0.39 is 0 Å². The summed E-state index contributed by atoms with van der Waals surface area (Å²) >= 11 is 0. The molecule has 2 heteroatoms. The lowest BCUT2D eigenvalue weighted by Gasteiger charge is -2.48. The smallest absolute Gasteiger partial charge is 0.0520 e. The third-order valence-corrected chi connectivity index (χ3v) is 3.48. The van der Waals surface area contributed by atoms with Crippen LogP contribution in [0.25, 0.3) is 0 Å². The Kier molecular flexibility index (Phi) is 2.37. The molecule has 12 heavy (non-hydrogen) atoms. The topological polar surface area (TPSA) is 12.5 Å². The third kappa shape index (κ3) is 1.38. The fourth-order valence-electron chi connectivity index (χ4n) is 1.99. The average molecular weight is 169 g/mol. The van der Waals surface area contributed by atoms with Crippen molar-refractivity contribution in [2.75, 3.05) is 26.3 Å². The van der Waals surface area contributed by atoms with E-state index >= 15 is 0 Å². The standard InChI is InChI=1S/C10H19NO/c1-3-8(2)11-4-9(5-11)10-6-12-7-10/h8-10H,3-7H2,1-2H3. The molecule has 0 radical (unpaired) electrons. The van der Waals surface area contributed by atoms with Crippen LogP contribution in [0.3, 0.4) is 0 Å². The molecule has 2 aliphatic heterocycles. The van der Waals surface area contributed by atoms with Crippen molar-refractivity contribution in [1.29, 1.82) is 0 Å². The van der Waals surface area contributed by atoms with E-state index in [0.717, 1.165) is 31.1 Å². The molecular weight excluding hydrogens is 150 g/mol. The number of hydrogen-bond acceptors (Lipinski definition) is 2. The Hall–Kier alpha value is -0.0800. The molecule has 0 aromatic heterocycles. The summed E-state index contributed by atoms with van der Waals surface area (Å²) in [6.45, 7) is 9.29. The monoisotopic (exact) mass is 169 g/mol. The maximum absolute atomic E-state index is 5.20. The molecule has 70 valence electrons. The normalized spacial score (nSPS) is 29.5. The van der Waals surface area contributed by atoms with Gasteiger partial charge in [0.2, 0.25) is 0 Å². The van der Waals surface area contributed by atoms with Crippen LogP contribution in [0.5, 0.6) is 0 Å². The SMILES string of the molecule is CCC(C)N1CC(C2COC2)C1. The van der Waals surface area contributed by atoms with E-state index in [1.807, 2.05) is 0 Å². The van der Waals surface area contributed by atoms with Crippen LogP contribution in [-0.4, -0.2) is 37.2 Å². The average Bonchev–Trinajstić information content (AvgIpc) is 1.90. The molecule has 1 atom stereocenters. The predicted octanol–water partition coefficient (Wildman–Crippen LogP) is 1.36. The molecule has 0 N–H and O–H groups in total. The van der Waals surface area contributed by atoms with Crippen molar-refractivity contribution in [3.05, 3.63) is 0 Å². The molecule has 2 aliphatic rings. The highest BCUT2D eigenvalue weighted by Crippen LogP contribution is 2.30. The van der Waals surface area contributed by atoms with Crippen LogP contribution in [0.1, 0.15) is 20.3 Å². The van der Waals surface area contributed by atoms with E-state index in [1.165, 1.54) is 19.5 Å². The second-order valence-electron chi connectivity index (χ2n) is 4.27. The maximum Gasteiger partial charge on any atom is 0.0520 e. The molecule has 0 aromatic carbocycles. The van der Waals surface area contributed by atoms with Gasteiger partial charge in [-0.05, 0) is 19.3 Å². The minimum absolute atomic E-state index is 0.794. The van der Waals surface area contributed by atoms with Crippen molar-refractivity contribution < 1.29 is 4.74 Å². The summed E-state index contributed by atoms with van der Waals surface area (Å²) in [5.41, 5.74) is 0. The van der Waals surface area contributed by atoms with Gasteiger partial charge in [0, 0.05) is 25.0 Å². The highest BCUT2D eigenvalue weighted by atomic mass is 16.5. The lowest BCUT2D eigenvalue weighted by Crippen LogP contribution is -2.56. The van der Waals surface area contributed by atoms with Crippen LogP contribution >= 0.6 is 0 Å². The lowest BCUT2D eigenvalue weighted by molar-refractivity contribution is -0.105. The van der Waals surface area contributed by atoms with Crippen LogP contribution in [0.15, 0.2) is 0 Å². The molecule has 1 unspecified atom stereocenters. The minimum atomic E-state index is 0.794. The van der Waals surface area contributed by atoms with Crippen molar-refractivity contribution in [2.45, 2.75) is 26.3 Å². The van der Waals surface area contributed by atoms with Gasteiger partial charge in [-0.15, -0.1) is 0 Å². The van der Waals surface area contributed by atoms with Gasteiger partial charge in [0.15, 0.2) is 0 Å². The Labute approximate surface area is 74.9 Å². The van der Waals surface area contributed by atoms with E-state index in [4.69, 9.17) is 4.74 Å². The fraction of sp³-hybridized carbons (Fsp3) is 1.00. The first kappa shape index (κ1) is 8.52. The summed E-state index contributed by atoms with van der Waals surface area (Å²) in [6.07, 6.45) is 1.29. The van der Waals surface area contributed by atoms with Crippen LogP contribution in [0.2, 0.25) is 0 Å². The molecule has 2 rings (SSSR count). The van der Waals surface area contributed by atoms with Crippen molar-refractivity contribution >= 4 is 0 Å². The Morgan fingerprint density at radius 2 is 2.00 bits per heavy atom. The quantitative estimate of drug-likeness (QED) is 0.632. The van der Waals surface area contributed by atoms with Gasteiger partial charge in [0.05, 0.1) is 13.2 Å². The Balaban J connectivity index is 1.68.